The van der Waals surface area contributed by atoms with Gasteiger partial charge >= 0.3 is 0 Å². The molecule has 5 atom stereocenters. The van der Waals surface area contributed by atoms with E-state index in [-0.39, 0.29) is 91.3 Å². The predicted molar refractivity (Wildman–Crippen MR) is 320 cm³/mol. The van der Waals surface area contributed by atoms with Gasteiger partial charge < -0.3 is 50.8 Å². The number of amides is 7. The summed E-state index contributed by atoms with van der Waals surface area (Å²) < 4.78 is 12.4. The predicted octanol–water partition coefficient (Wildman–Crippen LogP) is 8.24. The number of anilines is 1. The SMILES string of the molecule is CCCCCC(C)(CCC)C(=O)CCC(C)(C)OCCC(C)(C)OCCC(=O)NC(C(=O)NCC(=O)Nc1ccc(C[C@@H](C)NC(=O)[C@H](C)CCN(CCC)C(=O)CCCN(C)C(=O)C(NC(=O)CN(C)C)C(C)C)cc1)C(C)C. The summed E-state index contributed by atoms with van der Waals surface area (Å²) in [5, 5.41) is 14.2. The third kappa shape index (κ3) is 29.7. The zero-order chi connectivity index (χ0) is 60.8. The van der Waals surface area contributed by atoms with Crippen LogP contribution in [0.5, 0.6) is 0 Å². The molecule has 0 aromatic heterocycles. The molecule has 0 heterocycles. The van der Waals surface area contributed by atoms with Crippen molar-refractivity contribution < 1.29 is 47.8 Å². The molecule has 18 nitrogen and oxygen atoms in total. The molecule has 18 heteroatoms. The molecule has 3 unspecified atom stereocenters. The smallest absolute Gasteiger partial charge is 0.245 e. The number of benzene rings is 1. The standard InChI is InChI=1S/C62H110N8O10/c1-18-21-22-33-62(14,32-19-2)50(71)29-34-60(10,11)80-40-35-61(12,13)79-39-31-51(72)66-55(44(4)5)58(77)63-42-52(73)65-49-27-25-48(26-28-49)41-47(9)64-57(76)46(8)30-38-70(36-20-3)54(75)24-23-37-69(17)59(78)56(45(6)7)67-53(74)43-68(15)16/h25-28,44-47,55-56H,18-24,29-43H2,1-17H3,(H,63,77)(H,64,76)(H,65,73)(H,66,72)(H,67,74)/t46-,47-,55?,56?,62?/m1/s1. The molecule has 80 heavy (non-hydrogen) atoms. The summed E-state index contributed by atoms with van der Waals surface area (Å²) in [5.41, 5.74) is 0.149. The van der Waals surface area contributed by atoms with Crippen molar-refractivity contribution in [1.29, 1.82) is 0 Å². The Morgan fingerprint density at radius 2 is 1.20 bits per heavy atom. The van der Waals surface area contributed by atoms with Gasteiger partial charge in [-0.05, 0) is 130 Å². The number of Topliss-reactive ketones (excluding diaryl/α,β-unsaturated/α-hetero) is 1. The molecule has 1 aromatic rings. The maximum absolute atomic E-state index is 13.4. The summed E-state index contributed by atoms with van der Waals surface area (Å²) in [6, 6.07) is 5.54. The van der Waals surface area contributed by atoms with Crippen LogP contribution in [0, 0.1) is 23.2 Å². The summed E-state index contributed by atoms with van der Waals surface area (Å²) in [4.78, 5) is 110. The van der Waals surface area contributed by atoms with Gasteiger partial charge in [0.05, 0.1) is 43.9 Å². The van der Waals surface area contributed by atoms with Crippen molar-refractivity contribution in [3.63, 3.8) is 0 Å². The molecule has 0 aliphatic rings. The molecular weight excluding hydrogens is 1020 g/mol. The van der Waals surface area contributed by atoms with Gasteiger partial charge in [0.15, 0.2) is 0 Å². The zero-order valence-corrected chi connectivity index (χ0v) is 52.8. The number of hydrogen-bond donors (Lipinski definition) is 5. The monoisotopic (exact) mass is 1130 g/mol. The van der Waals surface area contributed by atoms with Crippen molar-refractivity contribution in [3.05, 3.63) is 29.8 Å². The number of carbonyl (C=O) groups excluding carboxylic acids is 8. The minimum absolute atomic E-state index is 0.0274. The molecule has 0 saturated heterocycles. The normalized spacial score (nSPS) is 14.2. The van der Waals surface area contributed by atoms with Crippen molar-refractivity contribution in [3.8, 4) is 0 Å². The van der Waals surface area contributed by atoms with Crippen LogP contribution in [0.4, 0.5) is 5.69 Å². The Bertz CT molecular complexity index is 2060. The van der Waals surface area contributed by atoms with E-state index < -0.39 is 35.1 Å². The molecule has 0 aliphatic carbocycles. The number of ketones is 1. The van der Waals surface area contributed by atoms with Crippen LogP contribution in [-0.4, -0.2) is 158 Å². The Morgan fingerprint density at radius 1 is 0.588 bits per heavy atom. The van der Waals surface area contributed by atoms with Gasteiger partial charge in [-0.2, -0.15) is 0 Å². The number of hydrogen-bond acceptors (Lipinski definition) is 11. The average Bonchev–Trinajstić information content (AvgIpc) is 3.36. The lowest BCUT2D eigenvalue weighted by Gasteiger charge is -2.32. The van der Waals surface area contributed by atoms with Crippen LogP contribution in [0.2, 0.25) is 0 Å². The highest BCUT2D eigenvalue weighted by Gasteiger charge is 2.34. The van der Waals surface area contributed by atoms with E-state index in [1.807, 2.05) is 88.3 Å². The minimum atomic E-state index is -0.860. The summed E-state index contributed by atoms with van der Waals surface area (Å²) >= 11 is 0. The highest BCUT2D eigenvalue weighted by molar-refractivity contribution is 5.96. The van der Waals surface area contributed by atoms with Crippen LogP contribution >= 0.6 is 0 Å². The van der Waals surface area contributed by atoms with E-state index >= 15 is 0 Å². The van der Waals surface area contributed by atoms with E-state index in [0.717, 1.165) is 50.5 Å². The van der Waals surface area contributed by atoms with Crippen LogP contribution in [0.25, 0.3) is 0 Å². The number of ether oxygens (including phenoxy) is 2. The van der Waals surface area contributed by atoms with Gasteiger partial charge in [-0.25, -0.2) is 0 Å². The van der Waals surface area contributed by atoms with E-state index in [0.29, 0.717) is 76.2 Å². The molecule has 0 aliphatic heterocycles. The number of unbranched alkanes of at least 4 members (excludes halogenated alkanes) is 2. The minimum Gasteiger partial charge on any atom is -0.375 e. The third-order valence-electron chi connectivity index (χ3n) is 14.7. The second kappa shape index (κ2) is 37.2. The average molecular weight is 1130 g/mol. The number of carbonyl (C=O) groups is 8. The van der Waals surface area contributed by atoms with Crippen LogP contribution < -0.4 is 26.6 Å². The van der Waals surface area contributed by atoms with Crippen molar-refractivity contribution in [2.24, 2.45) is 23.2 Å². The highest BCUT2D eigenvalue weighted by Crippen LogP contribution is 2.34. The van der Waals surface area contributed by atoms with Gasteiger partial charge in [-0.3, -0.25) is 38.4 Å². The lowest BCUT2D eigenvalue weighted by atomic mass is 9.75. The fraction of sp³-hybridized carbons (Fsp3) is 0.774. The van der Waals surface area contributed by atoms with E-state index in [1.165, 1.54) is 0 Å². The summed E-state index contributed by atoms with van der Waals surface area (Å²) in [5.74, 6) is -2.17. The molecule has 458 valence electrons. The number of likely N-dealkylation sites (N-methyl/N-ethyl adjacent to an activating group) is 2. The molecule has 1 rings (SSSR count). The van der Waals surface area contributed by atoms with Crippen LogP contribution in [0.1, 0.15) is 192 Å². The summed E-state index contributed by atoms with van der Waals surface area (Å²) in [7, 11) is 5.27. The fourth-order valence-electron chi connectivity index (χ4n) is 9.46. The molecule has 0 spiro atoms. The van der Waals surface area contributed by atoms with Gasteiger partial charge in [0.2, 0.25) is 41.4 Å². The molecule has 7 amide bonds. The Labute approximate surface area is 482 Å². The lowest BCUT2D eigenvalue weighted by molar-refractivity contribution is -0.137. The van der Waals surface area contributed by atoms with Gasteiger partial charge in [-0.1, -0.05) is 100 Å². The summed E-state index contributed by atoms with van der Waals surface area (Å²) in [6.07, 6.45) is 10.5. The van der Waals surface area contributed by atoms with E-state index in [4.69, 9.17) is 9.47 Å². The Kier molecular flexibility index (Phi) is 34.0. The van der Waals surface area contributed by atoms with Crippen molar-refractivity contribution in [2.45, 2.75) is 223 Å². The first-order valence-electron chi connectivity index (χ1n) is 29.9. The molecular formula is C62H110N8O10. The number of rotatable bonds is 42. The van der Waals surface area contributed by atoms with E-state index in [9.17, 15) is 38.4 Å². The van der Waals surface area contributed by atoms with Crippen LogP contribution in [0.15, 0.2) is 24.3 Å². The van der Waals surface area contributed by atoms with Gasteiger partial charge in [-0.15, -0.1) is 0 Å². The van der Waals surface area contributed by atoms with Crippen molar-refractivity contribution >= 4 is 52.8 Å². The molecule has 0 bridgehead atoms. The maximum atomic E-state index is 13.4. The fourth-order valence-corrected chi connectivity index (χ4v) is 9.46. The Hall–Kier alpha value is -4.94. The zero-order valence-electron chi connectivity index (χ0n) is 52.8. The first kappa shape index (κ1) is 73.1. The molecule has 1 aromatic carbocycles. The molecule has 0 saturated carbocycles. The first-order chi connectivity index (χ1) is 37.4. The topological polar surface area (TPSA) is 225 Å². The molecule has 0 fully saturated rings. The summed E-state index contributed by atoms with van der Waals surface area (Å²) in [6.45, 7) is 29.4. The van der Waals surface area contributed by atoms with E-state index in [1.54, 1.807) is 48.0 Å². The largest absolute Gasteiger partial charge is 0.375 e. The maximum Gasteiger partial charge on any atom is 0.245 e. The highest BCUT2D eigenvalue weighted by atomic mass is 16.5. The second-order valence-corrected chi connectivity index (χ2v) is 24.7. The van der Waals surface area contributed by atoms with Crippen molar-refractivity contribution in [1.82, 2.24) is 36.0 Å². The Balaban J connectivity index is 2.56. The van der Waals surface area contributed by atoms with Crippen molar-refractivity contribution in [2.75, 3.05) is 72.4 Å². The van der Waals surface area contributed by atoms with Gasteiger partial charge in [0.1, 0.15) is 17.9 Å². The number of nitrogens with one attached hydrogen (secondary N) is 5. The lowest BCUT2D eigenvalue weighted by Crippen LogP contribution is -2.52. The molecule has 5 N–H and O–H groups in total. The third-order valence-corrected chi connectivity index (χ3v) is 14.7. The van der Waals surface area contributed by atoms with Crippen LogP contribution in [0.3, 0.4) is 0 Å². The quantitative estimate of drug-likeness (QED) is 0.0392. The van der Waals surface area contributed by atoms with Gasteiger partial charge in [0, 0.05) is 62.6 Å². The first-order valence-corrected chi connectivity index (χ1v) is 29.9. The van der Waals surface area contributed by atoms with Gasteiger partial charge in [0.25, 0.3) is 0 Å². The number of nitrogens with zero attached hydrogens (tertiary/aromatic N) is 3. The van der Waals surface area contributed by atoms with Crippen LogP contribution in [-0.2, 0) is 54.3 Å². The second-order valence-electron chi connectivity index (χ2n) is 24.7. The van der Waals surface area contributed by atoms with E-state index in [2.05, 4.69) is 47.4 Å². The molecule has 0 radical (unpaired) electrons. The Morgan fingerprint density at radius 3 is 1.79 bits per heavy atom.